The highest BCUT2D eigenvalue weighted by Crippen LogP contribution is 2.32. The zero-order valence-corrected chi connectivity index (χ0v) is 17.5. The fourth-order valence-corrected chi connectivity index (χ4v) is 4.09. The monoisotopic (exact) mass is 408 g/mol. The topological polar surface area (TPSA) is 59.1 Å². The Morgan fingerprint density at radius 1 is 0.700 bits per heavy atom. The summed E-state index contributed by atoms with van der Waals surface area (Å²) in [7, 11) is 0. The predicted molar refractivity (Wildman–Crippen MR) is 112 cm³/mol. The molecule has 1 saturated carbocycles. The van der Waals surface area contributed by atoms with Crippen molar-refractivity contribution in [3.05, 3.63) is 70.8 Å². The van der Waals surface area contributed by atoms with Gasteiger partial charge < -0.3 is 0 Å². The number of benzene rings is 2. The van der Waals surface area contributed by atoms with Gasteiger partial charge in [-0.05, 0) is 37.8 Å². The average Bonchev–Trinajstić information content (AvgIpc) is 2.76. The molecule has 6 heteroatoms. The lowest BCUT2D eigenvalue weighted by atomic mass is 9.88. The molecule has 2 fully saturated rings. The normalized spacial score (nSPS) is 21.7. The van der Waals surface area contributed by atoms with Crippen LogP contribution in [0, 0.1) is 13.8 Å². The summed E-state index contributed by atoms with van der Waals surface area (Å²) >= 11 is 0. The number of rotatable bonds is 6. The smallest absolute Gasteiger partial charge is 0.265 e. The number of fused-ring (bicyclic) bond motifs is 1. The van der Waals surface area contributed by atoms with Gasteiger partial charge in [-0.15, -0.1) is 0 Å². The molecule has 158 valence electrons. The standard InChI is InChI=1S/C24H28N2O4/c1-17-7-11-19(12-8-17)15-29-25-21-5-3-4-6-22(21)26(24(28)23(25)27)30-16-20-13-9-18(2)10-14-20/h7-14,21-22H,3-6,15-16H2,1-2H3. The van der Waals surface area contributed by atoms with Crippen molar-refractivity contribution >= 4 is 11.8 Å². The van der Waals surface area contributed by atoms with Crippen LogP contribution >= 0.6 is 0 Å². The minimum Gasteiger partial charge on any atom is -0.265 e. The van der Waals surface area contributed by atoms with Crippen LogP contribution in [-0.2, 0) is 32.5 Å². The van der Waals surface area contributed by atoms with E-state index in [0.29, 0.717) is 0 Å². The van der Waals surface area contributed by atoms with E-state index >= 15 is 0 Å². The maximum atomic E-state index is 12.9. The second kappa shape index (κ2) is 8.98. The van der Waals surface area contributed by atoms with E-state index in [2.05, 4.69) is 0 Å². The molecule has 1 aliphatic carbocycles. The average molecular weight is 408 g/mol. The van der Waals surface area contributed by atoms with Crippen LogP contribution in [0.5, 0.6) is 0 Å². The van der Waals surface area contributed by atoms with Gasteiger partial charge in [0.05, 0.1) is 12.1 Å². The van der Waals surface area contributed by atoms with E-state index in [1.54, 1.807) is 0 Å². The van der Waals surface area contributed by atoms with Gasteiger partial charge in [0, 0.05) is 0 Å². The van der Waals surface area contributed by atoms with Crippen LogP contribution in [0.25, 0.3) is 0 Å². The Labute approximate surface area is 177 Å². The van der Waals surface area contributed by atoms with Crippen molar-refractivity contribution in [2.24, 2.45) is 0 Å². The molecule has 2 unspecified atom stereocenters. The van der Waals surface area contributed by atoms with Gasteiger partial charge in [0.2, 0.25) is 0 Å². The molecule has 1 heterocycles. The Kier molecular flexibility index (Phi) is 6.16. The number of piperazine rings is 1. The fourth-order valence-electron chi connectivity index (χ4n) is 4.09. The first-order valence-corrected chi connectivity index (χ1v) is 10.6. The van der Waals surface area contributed by atoms with Gasteiger partial charge in [0.1, 0.15) is 13.2 Å². The number of nitrogens with zero attached hydrogens (tertiary/aromatic N) is 2. The number of hydrogen-bond donors (Lipinski definition) is 0. The number of hydrogen-bond acceptors (Lipinski definition) is 4. The van der Waals surface area contributed by atoms with Crippen LogP contribution < -0.4 is 0 Å². The molecule has 6 nitrogen and oxygen atoms in total. The van der Waals surface area contributed by atoms with Crippen LogP contribution in [0.1, 0.15) is 47.9 Å². The molecule has 4 rings (SSSR count). The molecule has 0 radical (unpaired) electrons. The summed E-state index contributed by atoms with van der Waals surface area (Å²) in [5.41, 5.74) is 4.26. The molecule has 2 atom stereocenters. The molecular formula is C24H28N2O4. The lowest BCUT2D eigenvalue weighted by Gasteiger charge is -2.46. The van der Waals surface area contributed by atoms with Crippen molar-refractivity contribution in [2.45, 2.75) is 64.8 Å². The van der Waals surface area contributed by atoms with E-state index in [1.807, 2.05) is 62.4 Å². The molecule has 0 aromatic heterocycles. The van der Waals surface area contributed by atoms with E-state index in [0.717, 1.165) is 47.9 Å². The summed E-state index contributed by atoms with van der Waals surface area (Å²) in [6.07, 6.45) is 3.58. The minimum absolute atomic E-state index is 0.188. The predicted octanol–water partition coefficient (Wildman–Crippen LogP) is 3.85. The van der Waals surface area contributed by atoms with Crippen molar-refractivity contribution < 1.29 is 19.3 Å². The Morgan fingerprint density at radius 2 is 1.07 bits per heavy atom. The summed E-state index contributed by atoms with van der Waals surface area (Å²) in [5, 5.41) is 2.61. The van der Waals surface area contributed by atoms with Gasteiger partial charge in [0.25, 0.3) is 0 Å². The van der Waals surface area contributed by atoms with Gasteiger partial charge in [-0.25, -0.2) is 10.1 Å². The molecule has 2 aliphatic rings. The van der Waals surface area contributed by atoms with Gasteiger partial charge in [-0.2, -0.15) is 0 Å². The molecule has 2 aromatic carbocycles. The van der Waals surface area contributed by atoms with Gasteiger partial charge in [-0.3, -0.25) is 19.3 Å². The van der Waals surface area contributed by atoms with E-state index in [4.69, 9.17) is 9.68 Å². The SMILES string of the molecule is Cc1ccc(CON2C(=O)C(=O)N(OCc3ccc(C)cc3)C3CCCCC32)cc1. The second-order valence-corrected chi connectivity index (χ2v) is 8.20. The summed E-state index contributed by atoms with van der Waals surface area (Å²) < 4.78 is 0. The first-order valence-electron chi connectivity index (χ1n) is 10.6. The lowest BCUT2D eigenvalue weighted by molar-refractivity contribution is -0.270. The van der Waals surface area contributed by atoms with Gasteiger partial charge in [-0.1, -0.05) is 72.5 Å². The second-order valence-electron chi connectivity index (χ2n) is 8.20. The quantitative estimate of drug-likeness (QED) is 0.682. The van der Waals surface area contributed by atoms with Crippen molar-refractivity contribution in [1.29, 1.82) is 0 Å². The van der Waals surface area contributed by atoms with E-state index in [1.165, 1.54) is 10.1 Å². The number of aryl methyl sites for hydroxylation is 2. The van der Waals surface area contributed by atoms with Gasteiger partial charge >= 0.3 is 11.8 Å². The van der Waals surface area contributed by atoms with Crippen molar-refractivity contribution in [3.63, 3.8) is 0 Å². The number of amides is 2. The molecule has 2 aromatic rings. The highest BCUT2D eigenvalue weighted by molar-refractivity contribution is 6.35. The molecular weight excluding hydrogens is 380 g/mol. The van der Waals surface area contributed by atoms with Gasteiger partial charge in [0.15, 0.2) is 0 Å². The van der Waals surface area contributed by atoms with Crippen molar-refractivity contribution in [2.75, 3.05) is 0 Å². The largest absolute Gasteiger partial charge is 0.338 e. The first-order chi connectivity index (χ1) is 14.5. The summed E-state index contributed by atoms with van der Waals surface area (Å²) in [6, 6.07) is 15.5. The van der Waals surface area contributed by atoms with Crippen molar-refractivity contribution in [3.8, 4) is 0 Å². The zero-order chi connectivity index (χ0) is 21.1. The van der Waals surface area contributed by atoms with Crippen molar-refractivity contribution in [1.82, 2.24) is 10.1 Å². The Morgan fingerprint density at radius 3 is 1.43 bits per heavy atom. The molecule has 30 heavy (non-hydrogen) atoms. The summed E-state index contributed by atoms with van der Waals surface area (Å²) in [5.74, 6) is -1.32. The third kappa shape index (κ3) is 4.40. The number of carbonyl (C=O) groups excluding carboxylic acids is 2. The molecule has 2 amide bonds. The Hall–Kier alpha value is -2.70. The maximum Gasteiger partial charge on any atom is 0.338 e. The molecule has 0 N–H and O–H groups in total. The third-order valence-corrected chi connectivity index (χ3v) is 5.86. The van der Waals surface area contributed by atoms with Crippen LogP contribution in [-0.4, -0.2) is 34.0 Å². The Balaban J connectivity index is 1.46. The van der Waals surface area contributed by atoms with Crippen LogP contribution in [0.3, 0.4) is 0 Å². The first kappa shape index (κ1) is 20.6. The third-order valence-electron chi connectivity index (χ3n) is 5.86. The van der Waals surface area contributed by atoms with Crippen LogP contribution in [0.2, 0.25) is 0 Å². The zero-order valence-electron chi connectivity index (χ0n) is 17.5. The molecule has 1 saturated heterocycles. The fraction of sp³-hybridized carbons (Fsp3) is 0.417. The highest BCUT2D eigenvalue weighted by atomic mass is 16.7. The van der Waals surface area contributed by atoms with E-state index < -0.39 is 11.8 Å². The Bertz CT molecular complexity index is 819. The summed E-state index contributed by atoms with van der Waals surface area (Å²) in [6.45, 7) is 4.56. The highest BCUT2D eigenvalue weighted by Gasteiger charge is 2.48. The number of hydroxylamine groups is 4. The van der Waals surface area contributed by atoms with E-state index in [9.17, 15) is 9.59 Å². The summed E-state index contributed by atoms with van der Waals surface area (Å²) in [4.78, 5) is 37.4. The lowest BCUT2D eigenvalue weighted by Crippen LogP contribution is -2.65. The van der Waals surface area contributed by atoms with Crippen LogP contribution in [0.15, 0.2) is 48.5 Å². The van der Waals surface area contributed by atoms with E-state index in [-0.39, 0.29) is 25.3 Å². The number of carbonyl (C=O) groups is 2. The molecule has 1 aliphatic heterocycles. The minimum atomic E-state index is -0.658. The van der Waals surface area contributed by atoms with Crippen LogP contribution in [0.4, 0.5) is 0 Å². The molecule has 0 bridgehead atoms. The maximum absolute atomic E-state index is 12.9. The molecule has 0 spiro atoms.